The quantitative estimate of drug-likeness (QED) is 0.632. The van der Waals surface area contributed by atoms with Crippen molar-refractivity contribution in [3.05, 3.63) is 84.4 Å². The number of carbonyl (C=O) groups is 1. The van der Waals surface area contributed by atoms with Gasteiger partial charge in [0.25, 0.3) is 0 Å². The molecule has 0 radical (unpaired) electrons. The van der Waals surface area contributed by atoms with E-state index in [0.29, 0.717) is 12.3 Å². The Morgan fingerprint density at radius 1 is 1.07 bits per heavy atom. The van der Waals surface area contributed by atoms with Crippen molar-refractivity contribution in [3.8, 4) is 5.69 Å². The van der Waals surface area contributed by atoms with Crippen molar-refractivity contribution in [2.24, 2.45) is 5.92 Å². The van der Waals surface area contributed by atoms with Gasteiger partial charge >= 0.3 is 0 Å². The summed E-state index contributed by atoms with van der Waals surface area (Å²) in [7, 11) is 0. The summed E-state index contributed by atoms with van der Waals surface area (Å²) >= 11 is 0. The summed E-state index contributed by atoms with van der Waals surface area (Å²) in [6.07, 6.45) is 8.04. The summed E-state index contributed by atoms with van der Waals surface area (Å²) in [5.74, 6) is 0.475. The van der Waals surface area contributed by atoms with Crippen molar-refractivity contribution < 1.29 is 4.79 Å². The number of hydrogen-bond acceptors (Lipinski definition) is 2. The molecule has 4 heteroatoms. The van der Waals surface area contributed by atoms with Crippen LogP contribution in [0.2, 0.25) is 0 Å². The third-order valence-electron chi connectivity index (χ3n) is 4.88. The Morgan fingerprint density at radius 2 is 1.81 bits per heavy atom. The molecule has 3 rings (SSSR count). The molecule has 27 heavy (non-hydrogen) atoms. The second-order valence-electron chi connectivity index (χ2n) is 7.18. The van der Waals surface area contributed by atoms with Crippen LogP contribution in [0.25, 0.3) is 5.69 Å². The van der Waals surface area contributed by atoms with E-state index in [1.807, 2.05) is 35.9 Å². The normalized spacial score (nSPS) is 13.1. The van der Waals surface area contributed by atoms with Crippen LogP contribution in [-0.4, -0.2) is 15.5 Å². The van der Waals surface area contributed by atoms with Gasteiger partial charge in [-0.25, -0.2) is 4.98 Å². The fourth-order valence-electron chi connectivity index (χ4n) is 3.21. The minimum Gasteiger partial charge on any atom is -0.350 e. The van der Waals surface area contributed by atoms with Gasteiger partial charge in [0.15, 0.2) is 0 Å². The molecule has 3 aromatic rings. The maximum Gasteiger partial charge on any atom is 0.220 e. The maximum atomic E-state index is 12.4. The first kappa shape index (κ1) is 18.9. The fourth-order valence-corrected chi connectivity index (χ4v) is 3.21. The number of aryl methyl sites for hydroxylation is 1. The topological polar surface area (TPSA) is 46.9 Å². The second kappa shape index (κ2) is 9.17. The molecule has 0 aliphatic rings. The van der Waals surface area contributed by atoms with Gasteiger partial charge < -0.3 is 9.88 Å². The summed E-state index contributed by atoms with van der Waals surface area (Å²) in [6, 6.07) is 18.6. The van der Waals surface area contributed by atoms with E-state index in [1.54, 1.807) is 12.5 Å². The van der Waals surface area contributed by atoms with Crippen molar-refractivity contribution in [3.63, 3.8) is 0 Å². The van der Waals surface area contributed by atoms with Crippen LogP contribution in [0.3, 0.4) is 0 Å². The monoisotopic (exact) mass is 361 g/mol. The molecule has 0 bridgehead atoms. The summed E-state index contributed by atoms with van der Waals surface area (Å²) in [4.78, 5) is 16.4. The largest absolute Gasteiger partial charge is 0.350 e. The van der Waals surface area contributed by atoms with E-state index in [9.17, 15) is 4.79 Å². The first-order valence-electron chi connectivity index (χ1n) is 9.53. The Hall–Kier alpha value is -2.88. The molecule has 2 unspecified atom stereocenters. The minimum absolute atomic E-state index is 0.00402. The third kappa shape index (κ3) is 5.55. The SMILES string of the molecule is CC(CCc1ccccc1)CC(=O)NC(C)c1ccc(-n2ccnc2)cc1. The molecule has 0 aliphatic carbocycles. The average molecular weight is 361 g/mol. The van der Waals surface area contributed by atoms with Crippen molar-refractivity contribution in [2.45, 2.75) is 39.2 Å². The lowest BCUT2D eigenvalue weighted by atomic mass is 9.97. The number of nitrogens with zero attached hydrogens (tertiary/aromatic N) is 2. The number of rotatable bonds is 8. The van der Waals surface area contributed by atoms with Gasteiger partial charge in [-0.3, -0.25) is 4.79 Å². The summed E-state index contributed by atoms with van der Waals surface area (Å²) in [6.45, 7) is 4.17. The van der Waals surface area contributed by atoms with Crippen LogP contribution in [0.15, 0.2) is 73.3 Å². The van der Waals surface area contributed by atoms with Gasteiger partial charge in [0.1, 0.15) is 0 Å². The van der Waals surface area contributed by atoms with Crippen molar-refractivity contribution in [2.75, 3.05) is 0 Å². The predicted molar refractivity (Wildman–Crippen MR) is 109 cm³/mol. The lowest BCUT2D eigenvalue weighted by molar-refractivity contribution is -0.122. The zero-order valence-corrected chi connectivity index (χ0v) is 16.0. The molecule has 1 amide bonds. The van der Waals surface area contributed by atoms with Gasteiger partial charge in [-0.05, 0) is 48.9 Å². The zero-order valence-electron chi connectivity index (χ0n) is 16.0. The van der Waals surface area contributed by atoms with Crippen molar-refractivity contribution in [1.82, 2.24) is 14.9 Å². The molecule has 4 nitrogen and oxygen atoms in total. The highest BCUT2D eigenvalue weighted by Crippen LogP contribution is 2.17. The number of imidazole rings is 1. The van der Waals surface area contributed by atoms with Gasteiger partial charge in [0.05, 0.1) is 12.4 Å². The molecule has 0 saturated carbocycles. The van der Waals surface area contributed by atoms with Gasteiger partial charge in [-0.2, -0.15) is 0 Å². The third-order valence-corrected chi connectivity index (χ3v) is 4.88. The molecule has 2 aromatic carbocycles. The van der Waals surface area contributed by atoms with Crippen LogP contribution in [0.5, 0.6) is 0 Å². The van der Waals surface area contributed by atoms with Crippen molar-refractivity contribution in [1.29, 1.82) is 0 Å². The van der Waals surface area contributed by atoms with E-state index in [-0.39, 0.29) is 11.9 Å². The molecule has 1 aromatic heterocycles. The Kier molecular flexibility index (Phi) is 6.42. The molecule has 1 N–H and O–H groups in total. The van der Waals surface area contributed by atoms with E-state index in [0.717, 1.165) is 24.1 Å². The van der Waals surface area contributed by atoms with Crippen LogP contribution >= 0.6 is 0 Å². The van der Waals surface area contributed by atoms with Gasteiger partial charge in [-0.1, -0.05) is 49.4 Å². The summed E-state index contributed by atoms with van der Waals surface area (Å²) < 4.78 is 1.96. The number of nitrogens with one attached hydrogen (secondary N) is 1. The highest BCUT2D eigenvalue weighted by atomic mass is 16.1. The second-order valence-corrected chi connectivity index (χ2v) is 7.18. The molecular weight excluding hydrogens is 334 g/mol. The standard InChI is InChI=1S/C23H27N3O/c1-18(8-9-20-6-4-3-5-7-20)16-23(27)25-19(2)21-10-12-22(13-11-21)26-15-14-24-17-26/h3-7,10-15,17-19H,8-9,16H2,1-2H3,(H,25,27). The van der Waals surface area contributed by atoms with Gasteiger partial charge in [0, 0.05) is 24.5 Å². The summed E-state index contributed by atoms with van der Waals surface area (Å²) in [5.41, 5.74) is 3.49. The average Bonchev–Trinajstić information content (AvgIpc) is 3.22. The lowest BCUT2D eigenvalue weighted by Gasteiger charge is -2.17. The molecular formula is C23H27N3O. The lowest BCUT2D eigenvalue weighted by Crippen LogP contribution is -2.28. The molecule has 0 aliphatic heterocycles. The summed E-state index contributed by atoms with van der Waals surface area (Å²) in [5, 5.41) is 3.12. The Labute approximate surface area is 161 Å². The number of hydrogen-bond donors (Lipinski definition) is 1. The maximum absolute atomic E-state index is 12.4. The van der Waals surface area contributed by atoms with Crippen LogP contribution in [0.4, 0.5) is 0 Å². The highest BCUT2D eigenvalue weighted by Gasteiger charge is 2.13. The van der Waals surface area contributed by atoms with E-state index < -0.39 is 0 Å². The van der Waals surface area contributed by atoms with Gasteiger partial charge in [-0.15, -0.1) is 0 Å². The molecule has 2 atom stereocenters. The van der Waals surface area contributed by atoms with Crippen LogP contribution < -0.4 is 5.32 Å². The van der Waals surface area contributed by atoms with E-state index >= 15 is 0 Å². The zero-order chi connectivity index (χ0) is 19.1. The Bertz CT molecular complexity index is 826. The fraction of sp³-hybridized carbons (Fsp3) is 0.304. The molecule has 0 fully saturated rings. The number of aromatic nitrogens is 2. The number of amides is 1. The number of benzene rings is 2. The van der Waals surface area contributed by atoms with Crippen molar-refractivity contribution >= 4 is 5.91 Å². The highest BCUT2D eigenvalue weighted by molar-refractivity contribution is 5.76. The van der Waals surface area contributed by atoms with Crippen LogP contribution in [0, 0.1) is 5.92 Å². The van der Waals surface area contributed by atoms with Gasteiger partial charge in [0.2, 0.25) is 5.91 Å². The molecule has 0 spiro atoms. The Balaban J connectivity index is 1.47. The first-order valence-corrected chi connectivity index (χ1v) is 9.53. The minimum atomic E-state index is -0.00402. The number of carbonyl (C=O) groups excluding carboxylic acids is 1. The molecule has 0 saturated heterocycles. The van der Waals surface area contributed by atoms with E-state index in [4.69, 9.17) is 0 Å². The predicted octanol–water partition coefficient (Wildman–Crippen LogP) is 4.71. The first-order chi connectivity index (χ1) is 13.1. The smallest absolute Gasteiger partial charge is 0.220 e. The Morgan fingerprint density at radius 3 is 2.48 bits per heavy atom. The van der Waals surface area contributed by atoms with E-state index in [2.05, 4.69) is 53.6 Å². The van der Waals surface area contributed by atoms with Crippen LogP contribution in [-0.2, 0) is 11.2 Å². The van der Waals surface area contributed by atoms with Crippen LogP contribution in [0.1, 0.15) is 43.9 Å². The molecule has 1 heterocycles. The van der Waals surface area contributed by atoms with E-state index in [1.165, 1.54) is 5.56 Å². The molecule has 140 valence electrons.